The summed E-state index contributed by atoms with van der Waals surface area (Å²) in [5.41, 5.74) is 0.587. The maximum absolute atomic E-state index is 12.2. The van der Waals surface area contributed by atoms with Crippen LogP contribution in [-0.4, -0.2) is 59.0 Å². The van der Waals surface area contributed by atoms with Crippen molar-refractivity contribution < 1.29 is 14.3 Å². The van der Waals surface area contributed by atoms with E-state index in [-0.39, 0.29) is 22.6 Å². The summed E-state index contributed by atoms with van der Waals surface area (Å²) < 4.78 is 5.81. The van der Waals surface area contributed by atoms with Gasteiger partial charge in [0.05, 0.1) is 19.0 Å². The Kier molecular flexibility index (Phi) is 6.24. The van der Waals surface area contributed by atoms with Crippen molar-refractivity contribution in [3.8, 4) is 0 Å². The summed E-state index contributed by atoms with van der Waals surface area (Å²) in [5, 5.41) is 11.3. The van der Waals surface area contributed by atoms with Crippen LogP contribution in [0.3, 0.4) is 0 Å². The van der Waals surface area contributed by atoms with E-state index in [4.69, 9.17) is 16.3 Å². The van der Waals surface area contributed by atoms with E-state index in [1.54, 1.807) is 29.2 Å². The first-order valence-corrected chi connectivity index (χ1v) is 9.68. The van der Waals surface area contributed by atoms with Crippen molar-refractivity contribution in [2.75, 3.05) is 37.4 Å². The first kappa shape index (κ1) is 18.1. The average Bonchev–Trinajstić information content (AvgIpc) is 3.09. The minimum Gasteiger partial charge on any atom is -0.378 e. The van der Waals surface area contributed by atoms with Crippen molar-refractivity contribution in [2.45, 2.75) is 4.34 Å². The summed E-state index contributed by atoms with van der Waals surface area (Å²) in [7, 11) is 0. The Bertz CT molecular complexity index is 765. The van der Waals surface area contributed by atoms with E-state index < -0.39 is 0 Å². The lowest BCUT2D eigenvalue weighted by Crippen LogP contribution is -2.41. The van der Waals surface area contributed by atoms with E-state index in [9.17, 15) is 9.59 Å². The monoisotopic (exact) mass is 398 g/mol. The van der Waals surface area contributed by atoms with E-state index in [0.717, 1.165) is 11.3 Å². The fraction of sp³-hybridized carbons (Fsp3) is 0.333. The Hall–Kier alpha value is -1.68. The second-order valence-electron chi connectivity index (χ2n) is 5.12. The molecule has 1 aromatic carbocycles. The molecule has 0 saturated carbocycles. The van der Waals surface area contributed by atoms with Crippen molar-refractivity contribution in [1.82, 2.24) is 15.1 Å². The smallest absolute Gasteiger partial charge is 0.286 e. The molecule has 0 radical (unpaired) electrons. The quantitative estimate of drug-likeness (QED) is 0.778. The number of hydrogen-bond acceptors (Lipinski definition) is 7. The number of rotatable bonds is 5. The third-order valence-corrected chi connectivity index (χ3v) is 5.64. The molecule has 1 N–H and O–H groups in total. The molecule has 1 fully saturated rings. The fourth-order valence-electron chi connectivity index (χ4n) is 2.14. The zero-order valence-corrected chi connectivity index (χ0v) is 15.5. The van der Waals surface area contributed by atoms with E-state index in [1.165, 1.54) is 11.8 Å². The maximum Gasteiger partial charge on any atom is 0.286 e. The van der Waals surface area contributed by atoms with E-state index in [2.05, 4.69) is 15.5 Å². The zero-order chi connectivity index (χ0) is 17.6. The lowest BCUT2D eigenvalue weighted by Gasteiger charge is -2.26. The minimum atomic E-state index is -0.355. The molecule has 2 heterocycles. The van der Waals surface area contributed by atoms with Gasteiger partial charge in [0.15, 0.2) is 4.34 Å². The van der Waals surface area contributed by atoms with Crippen LogP contribution in [0.1, 0.15) is 9.80 Å². The highest BCUT2D eigenvalue weighted by atomic mass is 35.5. The normalized spacial score (nSPS) is 14.4. The van der Waals surface area contributed by atoms with Crippen molar-refractivity contribution in [1.29, 1.82) is 0 Å². The first-order valence-electron chi connectivity index (χ1n) is 7.50. The topological polar surface area (TPSA) is 84.4 Å². The average molecular weight is 399 g/mol. The number of carbonyl (C=O) groups is 2. The Labute approximate surface area is 157 Å². The highest BCUT2D eigenvalue weighted by Crippen LogP contribution is 2.24. The Morgan fingerprint density at radius 2 is 2.12 bits per heavy atom. The van der Waals surface area contributed by atoms with Gasteiger partial charge in [-0.25, -0.2) is 0 Å². The van der Waals surface area contributed by atoms with Gasteiger partial charge in [-0.3, -0.25) is 9.59 Å². The number of aromatic nitrogens is 2. The summed E-state index contributed by atoms with van der Waals surface area (Å²) in [5.74, 6) is -0.0515. The summed E-state index contributed by atoms with van der Waals surface area (Å²) in [4.78, 5) is 26.0. The minimum absolute atomic E-state index is 0.0356. The SMILES string of the molecule is O=C(Nc1cccc(Cl)c1)c1nnc(SCC(=O)N2CCOCC2)s1. The highest BCUT2D eigenvalue weighted by Gasteiger charge is 2.19. The molecule has 25 heavy (non-hydrogen) atoms. The van der Waals surface area contributed by atoms with E-state index >= 15 is 0 Å². The predicted molar refractivity (Wildman–Crippen MR) is 97.4 cm³/mol. The number of thioether (sulfide) groups is 1. The van der Waals surface area contributed by atoms with Crippen molar-refractivity contribution in [2.24, 2.45) is 0 Å². The standard InChI is InChI=1S/C15H15ClN4O3S2/c16-10-2-1-3-11(8-10)17-13(22)14-18-19-15(25-14)24-9-12(21)20-4-6-23-7-5-20/h1-3,8H,4-7,9H2,(H,17,22). The number of amides is 2. The number of anilines is 1. The lowest BCUT2D eigenvalue weighted by atomic mass is 10.3. The Balaban J connectivity index is 1.53. The number of nitrogens with zero attached hydrogens (tertiary/aromatic N) is 3. The first-order chi connectivity index (χ1) is 12.1. The number of benzene rings is 1. The second kappa shape index (κ2) is 8.61. The summed E-state index contributed by atoms with van der Waals surface area (Å²) >= 11 is 8.32. The molecule has 1 saturated heterocycles. The van der Waals surface area contributed by atoms with Crippen LogP contribution in [0.4, 0.5) is 5.69 Å². The lowest BCUT2D eigenvalue weighted by molar-refractivity contribution is -0.132. The van der Waals surface area contributed by atoms with Crippen LogP contribution in [0.5, 0.6) is 0 Å². The molecule has 7 nitrogen and oxygen atoms in total. The number of carbonyl (C=O) groups excluding carboxylic acids is 2. The van der Waals surface area contributed by atoms with Crippen LogP contribution in [0.2, 0.25) is 5.02 Å². The van der Waals surface area contributed by atoms with E-state index in [1.807, 2.05) is 0 Å². The summed E-state index contributed by atoms with van der Waals surface area (Å²) in [6.45, 7) is 2.37. The Morgan fingerprint density at radius 1 is 1.32 bits per heavy atom. The molecule has 0 bridgehead atoms. The molecule has 1 aliphatic rings. The van der Waals surface area contributed by atoms with Gasteiger partial charge >= 0.3 is 0 Å². The van der Waals surface area contributed by atoms with Gasteiger partial charge in [0.2, 0.25) is 10.9 Å². The van der Waals surface area contributed by atoms with Gasteiger partial charge in [0, 0.05) is 23.8 Å². The van der Waals surface area contributed by atoms with Crippen molar-refractivity contribution >= 4 is 52.2 Å². The van der Waals surface area contributed by atoms with Crippen LogP contribution in [0, 0.1) is 0 Å². The fourth-order valence-corrected chi connectivity index (χ4v) is 3.98. The number of nitrogens with one attached hydrogen (secondary N) is 1. The molecular weight excluding hydrogens is 384 g/mol. The summed E-state index contributed by atoms with van der Waals surface area (Å²) in [6.07, 6.45) is 0. The van der Waals surface area contributed by atoms with Gasteiger partial charge in [-0.1, -0.05) is 40.8 Å². The molecule has 1 aliphatic heterocycles. The third kappa shape index (κ3) is 5.15. The molecule has 2 aromatic rings. The molecule has 1 aromatic heterocycles. The highest BCUT2D eigenvalue weighted by molar-refractivity contribution is 8.01. The largest absolute Gasteiger partial charge is 0.378 e. The molecule has 0 aliphatic carbocycles. The second-order valence-corrected chi connectivity index (χ2v) is 7.76. The van der Waals surface area contributed by atoms with Gasteiger partial charge in [-0.05, 0) is 18.2 Å². The molecule has 10 heteroatoms. The molecule has 0 spiro atoms. The van der Waals surface area contributed by atoms with Crippen LogP contribution in [0.15, 0.2) is 28.6 Å². The van der Waals surface area contributed by atoms with Crippen LogP contribution in [-0.2, 0) is 9.53 Å². The van der Waals surface area contributed by atoms with Gasteiger partial charge < -0.3 is 15.0 Å². The third-order valence-electron chi connectivity index (χ3n) is 3.37. The van der Waals surface area contributed by atoms with Crippen molar-refractivity contribution in [3.63, 3.8) is 0 Å². The van der Waals surface area contributed by atoms with E-state index in [0.29, 0.717) is 41.4 Å². The number of ether oxygens (including phenoxy) is 1. The summed E-state index contributed by atoms with van der Waals surface area (Å²) in [6, 6.07) is 6.86. The van der Waals surface area contributed by atoms with Crippen LogP contribution >= 0.6 is 34.7 Å². The van der Waals surface area contributed by atoms with Gasteiger partial charge in [0.1, 0.15) is 0 Å². The molecule has 2 amide bonds. The van der Waals surface area contributed by atoms with Gasteiger partial charge in [-0.2, -0.15) is 0 Å². The molecule has 132 valence electrons. The zero-order valence-electron chi connectivity index (χ0n) is 13.1. The van der Waals surface area contributed by atoms with Gasteiger partial charge in [0.25, 0.3) is 5.91 Å². The number of morpholine rings is 1. The van der Waals surface area contributed by atoms with Crippen LogP contribution < -0.4 is 5.32 Å². The molecule has 0 atom stereocenters. The molecule has 0 unspecified atom stereocenters. The van der Waals surface area contributed by atoms with Crippen LogP contribution in [0.25, 0.3) is 0 Å². The number of halogens is 1. The maximum atomic E-state index is 12.2. The molecule has 3 rings (SSSR count). The van der Waals surface area contributed by atoms with Crippen molar-refractivity contribution in [3.05, 3.63) is 34.3 Å². The molecular formula is C15H15ClN4O3S2. The Morgan fingerprint density at radius 3 is 2.88 bits per heavy atom. The number of hydrogen-bond donors (Lipinski definition) is 1. The van der Waals surface area contributed by atoms with Gasteiger partial charge in [-0.15, -0.1) is 10.2 Å². The predicted octanol–water partition coefficient (Wildman–Crippen LogP) is 2.39.